The van der Waals surface area contributed by atoms with Gasteiger partial charge in [0.15, 0.2) is 0 Å². The van der Waals surface area contributed by atoms with E-state index in [-0.39, 0.29) is 23.7 Å². The summed E-state index contributed by atoms with van der Waals surface area (Å²) < 4.78 is 17.7. The van der Waals surface area contributed by atoms with Gasteiger partial charge in [0.1, 0.15) is 5.82 Å². The first kappa shape index (κ1) is 14.9. The average molecular weight is 269 g/mol. The van der Waals surface area contributed by atoms with Crippen LogP contribution < -0.4 is 16.4 Å². The predicted octanol–water partition coefficient (Wildman–Crippen LogP) is -0.0997. The predicted molar refractivity (Wildman–Crippen MR) is 68.0 cm³/mol. The minimum atomic E-state index is -0.589. The molecule has 0 unspecified atom stereocenters. The Hall–Kier alpha value is -2.15. The van der Waals surface area contributed by atoms with Crippen LogP contribution in [0.2, 0.25) is 0 Å². The molecule has 0 bridgehead atoms. The second-order valence-electron chi connectivity index (χ2n) is 3.76. The van der Waals surface area contributed by atoms with Gasteiger partial charge in [-0.25, -0.2) is 4.39 Å². The Morgan fingerprint density at radius 2 is 2.11 bits per heavy atom. The number of hydrogen-bond acceptors (Lipinski definition) is 4. The van der Waals surface area contributed by atoms with Crippen LogP contribution in [0.25, 0.3) is 0 Å². The van der Waals surface area contributed by atoms with Gasteiger partial charge in [-0.1, -0.05) is 0 Å². The van der Waals surface area contributed by atoms with Crippen LogP contribution in [0.5, 0.6) is 0 Å². The lowest BCUT2D eigenvalue weighted by Crippen LogP contribution is -2.38. The van der Waals surface area contributed by atoms with Crippen LogP contribution in [0.3, 0.4) is 0 Å². The standard InChI is InChI=1S/C12H16FN3O3/c1-19-5-4-15-11(17)7-16-12(18)8-2-3-9(13)10(14)6-8/h2-3,6H,4-5,7,14H2,1H3,(H,15,17)(H,16,18). The SMILES string of the molecule is COCCNC(=O)CNC(=O)c1ccc(F)c(N)c1. The highest BCUT2D eigenvalue weighted by Crippen LogP contribution is 2.11. The Kier molecular flexibility index (Phi) is 5.74. The molecule has 0 aliphatic carbocycles. The molecule has 0 atom stereocenters. The zero-order valence-electron chi connectivity index (χ0n) is 10.5. The number of nitrogens with one attached hydrogen (secondary N) is 2. The lowest BCUT2D eigenvalue weighted by atomic mass is 10.2. The first-order valence-electron chi connectivity index (χ1n) is 5.63. The molecule has 0 heterocycles. The molecule has 19 heavy (non-hydrogen) atoms. The lowest BCUT2D eigenvalue weighted by molar-refractivity contribution is -0.120. The fraction of sp³-hybridized carbons (Fsp3) is 0.333. The molecule has 104 valence electrons. The molecule has 4 N–H and O–H groups in total. The summed E-state index contributed by atoms with van der Waals surface area (Å²) in [7, 11) is 1.52. The second kappa shape index (κ2) is 7.32. The normalized spacial score (nSPS) is 10.0. The molecule has 2 amide bonds. The van der Waals surface area contributed by atoms with E-state index in [2.05, 4.69) is 10.6 Å². The highest BCUT2D eigenvalue weighted by Gasteiger charge is 2.09. The molecule has 1 aromatic rings. The first-order valence-corrected chi connectivity index (χ1v) is 5.63. The van der Waals surface area contributed by atoms with Crippen molar-refractivity contribution in [2.45, 2.75) is 0 Å². The van der Waals surface area contributed by atoms with Gasteiger partial charge in [0, 0.05) is 19.2 Å². The van der Waals surface area contributed by atoms with Crippen molar-refractivity contribution in [2.24, 2.45) is 0 Å². The minimum absolute atomic E-state index is 0.114. The van der Waals surface area contributed by atoms with E-state index in [1.54, 1.807) is 0 Å². The summed E-state index contributed by atoms with van der Waals surface area (Å²) in [5, 5.41) is 4.95. The molecule has 0 aliphatic heterocycles. The van der Waals surface area contributed by atoms with E-state index in [1.165, 1.54) is 19.2 Å². The molecule has 1 rings (SSSR count). The molecular weight excluding hydrogens is 253 g/mol. The summed E-state index contributed by atoms with van der Waals surface area (Å²) in [5.74, 6) is -1.41. The van der Waals surface area contributed by atoms with Gasteiger partial charge in [-0.05, 0) is 18.2 Å². The highest BCUT2D eigenvalue weighted by atomic mass is 19.1. The van der Waals surface area contributed by atoms with Crippen LogP contribution in [0, 0.1) is 5.82 Å². The molecule has 7 heteroatoms. The van der Waals surface area contributed by atoms with Gasteiger partial charge in [-0.2, -0.15) is 0 Å². The summed E-state index contributed by atoms with van der Waals surface area (Å²) in [6, 6.07) is 3.61. The summed E-state index contributed by atoms with van der Waals surface area (Å²) >= 11 is 0. The van der Waals surface area contributed by atoms with Gasteiger partial charge in [0.05, 0.1) is 18.8 Å². The summed E-state index contributed by atoms with van der Waals surface area (Å²) in [6.45, 7) is 0.600. The van der Waals surface area contributed by atoms with Crippen LogP contribution in [-0.4, -0.2) is 38.6 Å². The van der Waals surface area contributed by atoms with Gasteiger partial charge in [-0.15, -0.1) is 0 Å². The Labute approximate surface area is 110 Å². The minimum Gasteiger partial charge on any atom is -0.396 e. The number of methoxy groups -OCH3 is 1. The fourth-order valence-electron chi connectivity index (χ4n) is 1.30. The van der Waals surface area contributed by atoms with E-state index in [4.69, 9.17) is 10.5 Å². The van der Waals surface area contributed by atoms with Crippen molar-refractivity contribution in [1.29, 1.82) is 0 Å². The summed E-state index contributed by atoms with van der Waals surface area (Å²) in [4.78, 5) is 23.0. The van der Waals surface area contributed by atoms with Gasteiger partial charge >= 0.3 is 0 Å². The smallest absolute Gasteiger partial charge is 0.251 e. The third-order valence-electron chi connectivity index (χ3n) is 2.30. The van der Waals surface area contributed by atoms with Crippen molar-refractivity contribution in [3.05, 3.63) is 29.6 Å². The van der Waals surface area contributed by atoms with Gasteiger partial charge in [0.25, 0.3) is 5.91 Å². The molecule has 0 fully saturated rings. The molecule has 1 aromatic carbocycles. The van der Waals surface area contributed by atoms with Crippen molar-refractivity contribution in [3.63, 3.8) is 0 Å². The molecule has 6 nitrogen and oxygen atoms in total. The van der Waals surface area contributed by atoms with Crippen LogP contribution in [0.4, 0.5) is 10.1 Å². The van der Waals surface area contributed by atoms with E-state index in [0.717, 1.165) is 6.07 Å². The Bertz CT molecular complexity index is 466. The number of rotatable bonds is 6. The number of hydrogen-bond donors (Lipinski definition) is 3. The van der Waals surface area contributed by atoms with Crippen LogP contribution in [0.15, 0.2) is 18.2 Å². The number of ether oxygens (including phenoxy) is 1. The number of nitrogens with two attached hydrogens (primary N) is 1. The number of amides is 2. The summed E-state index contributed by atoms with van der Waals surface area (Å²) in [6.07, 6.45) is 0. The molecular formula is C12H16FN3O3. The Morgan fingerprint density at radius 1 is 1.37 bits per heavy atom. The Morgan fingerprint density at radius 3 is 2.74 bits per heavy atom. The van der Waals surface area contributed by atoms with Gasteiger partial charge in [0.2, 0.25) is 5.91 Å². The fourth-order valence-corrected chi connectivity index (χ4v) is 1.30. The second-order valence-corrected chi connectivity index (χ2v) is 3.76. The monoisotopic (exact) mass is 269 g/mol. The topological polar surface area (TPSA) is 93.5 Å². The lowest BCUT2D eigenvalue weighted by Gasteiger charge is -2.07. The van der Waals surface area contributed by atoms with E-state index < -0.39 is 11.7 Å². The highest BCUT2D eigenvalue weighted by molar-refractivity contribution is 5.97. The Balaban J connectivity index is 2.42. The largest absolute Gasteiger partial charge is 0.396 e. The molecule has 0 spiro atoms. The molecule has 0 aliphatic rings. The zero-order chi connectivity index (χ0) is 14.3. The maximum atomic E-state index is 12.9. The quantitative estimate of drug-likeness (QED) is 0.496. The van der Waals surface area contributed by atoms with Crippen LogP contribution in [0.1, 0.15) is 10.4 Å². The number of benzene rings is 1. The number of carbonyl (C=O) groups excluding carboxylic acids is 2. The average Bonchev–Trinajstić information content (AvgIpc) is 2.39. The van der Waals surface area contributed by atoms with Crippen molar-refractivity contribution >= 4 is 17.5 Å². The molecule has 0 saturated heterocycles. The van der Waals surface area contributed by atoms with Gasteiger partial charge in [-0.3, -0.25) is 9.59 Å². The van der Waals surface area contributed by atoms with Gasteiger partial charge < -0.3 is 21.1 Å². The maximum Gasteiger partial charge on any atom is 0.251 e. The van der Waals surface area contributed by atoms with Crippen molar-refractivity contribution < 1.29 is 18.7 Å². The number of carbonyl (C=O) groups is 2. The van der Waals surface area contributed by atoms with E-state index in [1.807, 2.05) is 0 Å². The van der Waals surface area contributed by atoms with Crippen molar-refractivity contribution in [2.75, 3.05) is 32.5 Å². The molecule has 0 radical (unpaired) electrons. The van der Waals surface area contributed by atoms with E-state index in [9.17, 15) is 14.0 Å². The summed E-state index contributed by atoms with van der Waals surface area (Å²) in [5.41, 5.74) is 5.43. The maximum absolute atomic E-state index is 12.9. The number of halogens is 1. The molecule has 0 aromatic heterocycles. The van der Waals surface area contributed by atoms with Crippen molar-refractivity contribution in [1.82, 2.24) is 10.6 Å². The number of anilines is 1. The first-order chi connectivity index (χ1) is 9.04. The third kappa shape index (κ3) is 4.92. The van der Waals surface area contributed by atoms with E-state index >= 15 is 0 Å². The number of nitrogen functional groups attached to an aromatic ring is 1. The van der Waals surface area contributed by atoms with Crippen molar-refractivity contribution in [3.8, 4) is 0 Å². The van der Waals surface area contributed by atoms with E-state index in [0.29, 0.717) is 13.2 Å². The van der Waals surface area contributed by atoms with Crippen LogP contribution >= 0.6 is 0 Å². The zero-order valence-corrected chi connectivity index (χ0v) is 10.5. The van der Waals surface area contributed by atoms with Crippen LogP contribution in [-0.2, 0) is 9.53 Å². The third-order valence-corrected chi connectivity index (χ3v) is 2.30. The molecule has 0 saturated carbocycles.